The molecule has 1 aliphatic heterocycles. The van der Waals surface area contributed by atoms with E-state index in [9.17, 15) is 13.2 Å². The average Bonchev–Trinajstić information content (AvgIpc) is 2.77. The fraction of sp³-hybridized carbons (Fsp3) is 0.308. The van der Waals surface area contributed by atoms with Crippen LogP contribution in [-0.4, -0.2) is 36.6 Å². The molecule has 0 bridgehead atoms. The van der Waals surface area contributed by atoms with Crippen molar-refractivity contribution in [3.63, 3.8) is 0 Å². The molecule has 0 radical (unpaired) electrons. The number of primary sulfonamides is 1. The van der Waals surface area contributed by atoms with E-state index in [0.29, 0.717) is 10.9 Å². The molecule has 22 heavy (non-hydrogen) atoms. The first-order valence-corrected chi connectivity index (χ1v) is 8.38. The molecule has 2 heterocycles. The number of carbonyl (C=O) groups is 1. The van der Waals surface area contributed by atoms with Gasteiger partial charge in [0, 0.05) is 24.3 Å². The Bertz CT molecular complexity index is 852. The van der Waals surface area contributed by atoms with Crippen LogP contribution in [0.4, 0.5) is 11.8 Å². The molecule has 1 amide bonds. The smallest absolute Gasteiger partial charge is 0.234 e. The zero-order valence-corrected chi connectivity index (χ0v) is 12.5. The van der Waals surface area contributed by atoms with E-state index in [0.717, 1.165) is 0 Å². The number of fused-ring (bicyclic) bond motifs is 1. The van der Waals surface area contributed by atoms with Crippen molar-refractivity contribution in [2.75, 3.05) is 22.9 Å². The van der Waals surface area contributed by atoms with E-state index >= 15 is 0 Å². The first-order valence-electron chi connectivity index (χ1n) is 6.66. The molecule has 8 nitrogen and oxygen atoms in total. The number of rotatable bonds is 3. The lowest BCUT2D eigenvalue weighted by Gasteiger charge is -2.15. The molecule has 1 fully saturated rings. The Labute approximate surface area is 127 Å². The van der Waals surface area contributed by atoms with Crippen molar-refractivity contribution >= 4 is 38.6 Å². The van der Waals surface area contributed by atoms with Crippen molar-refractivity contribution in [2.45, 2.75) is 6.42 Å². The monoisotopic (exact) mass is 321 g/mol. The van der Waals surface area contributed by atoms with Crippen LogP contribution in [0.3, 0.4) is 0 Å². The molecule has 3 rings (SSSR count). The Balaban J connectivity index is 1.93. The SMILES string of the molecule is Nc1nc(N2CC(CS(N)(=O)=O)CC2=O)nc2ccccc12. The normalized spacial score (nSPS) is 19.0. The summed E-state index contributed by atoms with van der Waals surface area (Å²) in [5.41, 5.74) is 6.53. The highest BCUT2D eigenvalue weighted by molar-refractivity contribution is 7.89. The highest BCUT2D eigenvalue weighted by atomic mass is 32.2. The van der Waals surface area contributed by atoms with Crippen molar-refractivity contribution in [3.8, 4) is 0 Å². The second-order valence-corrected chi connectivity index (χ2v) is 6.99. The topological polar surface area (TPSA) is 132 Å². The van der Waals surface area contributed by atoms with Gasteiger partial charge in [-0.15, -0.1) is 0 Å². The van der Waals surface area contributed by atoms with Gasteiger partial charge in [-0.1, -0.05) is 12.1 Å². The summed E-state index contributed by atoms with van der Waals surface area (Å²) >= 11 is 0. The molecule has 116 valence electrons. The van der Waals surface area contributed by atoms with Crippen LogP contribution in [-0.2, 0) is 14.8 Å². The maximum atomic E-state index is 12.1. The van der Waals surface area contributed by atoms with Gasteiger partial charge in [0.25, 0.3) is 0 Å². The summed E-state index contributed by atoms with van der Waals surface area (Å²) < 4.78 is 22.3. The number of aromatic nitrogens is 2. The van der Waals surface area contributed by atoms with E-state index in [-0.39, 0.29) is 42.3 Å². The number of hydrogen-bond acceptors (Lipinski definition) is 6. The van der Waals surface area contributed by atoms with E-state index in [4.69, 9.17) is 10.9 Å². The van der Waals surface area contributed by atoms with Crippen molar-refractivity contribution in [2.24, 2.45) is 11.1 Å². The van der Waals surface area contributed by atoms with Crippen molar-refractivity contribution < 1.29 is 13.2 Å². The van der Waals surface area contributed by atoms with Gasteiger partial charge in [0.2, 0.25) is 21.9 Å². The number of hydrogen-bond donors (Lipinski definition) is 2. The summed E-state index contributed by atoms with van der Waals surface area (Å²) in [6.45, 7) is 0.215. The van der Waals surface area contributed by atoms with E-state index in [1.54, 1.807) is 12.1 Å². The predicted molar refractivity (Wildman–Crippen MR) is 82.4 cm³/mol. The van der Waals surface area contributed by atoms with Gasteiger partial charge in [-0.2, -0.15) is 4.98 Å². The number of nitrogens with zero attached hydrogens (tertiary/aromatic N) is 3. The number of para-hydroxylation sites is 1. The number of sulfonamides is 1. The second kappa shape index (κ2) is 5.18. The molecule has 0 saturated carbocycles. The summed E-state index contributed by atoms with van der Waals surface area (Å²) in [6.07, 6.45) is 0.104. The quantitative estimate of drug-likeness (QED) is 0.808. The van der Waals surface area contributed by atoms with Gasteiger partial charge >= 0.3 is 0 Å². The summed E-state index contributed by atoms with van der Waals surface area (Å²) in [7, 11) is -3.62. The molecule has 1 saturated heterocycles. The van der Waals surface area contributed by atoms with Crippen LogP contribution < -0.4 is 15.8 Å². The molecule has 1 unspecified atom stereocenters. The first-order chi connectivity index (χ1) is 10.3. The molecule has 1 aliphatic rings. The second-order valence-electron chi connectivity index (χ2n) is 5.33. The van der Waals surface area contributed by atoms with Crippen molar-refractivity contribution in [1.82, 2.24) is 9.97 Å². The molecule has 0 spiro atoms. The molecular weight excluding hydrogens is 306 g/mol. The lowest BCUT2D eigenvalue weighted by atomic mass is 10.1. The Kier molecular flexibility index (Phi) is 3.45. The Morgan fingerprint density at radius 3 is 2.73 bits per heavy atom. The number of carbonyl (C=O) groups excluding carboxylic acids is 1. The van der Waals surface area contributed by atoms with Crippen LogP contribution in [0, 0.1) is 5.92 Å². The number of nitrogen functional groups attached to an aromatic ring is 1. The van der Waals surface area contributed by atoms with Crippen molar-refractivity contribution in [1.29, 1.82) is 0 Å². The number of benzene rings is 1. The maximum absolute atomic E-state index is 12.1. The molecular formula is C13H15N5O3S. The molecule has 2 aromatic rings. The zero-order valence-electron chi connectivity index (χ0n) is 11.6. The number of anilines is 2. The predicted octanol–water partition coefficient (Wildman–Crippen LogP) is -0.147. The summed E-state index contributed by atoms with van der Waals surface area (Å²) in [4.78, 5) is 21.9. The van der Waals surface area contributed by atoms with Gasteiger partial charge in [-0.25, -0.2) is 18.5 Å². The standard InChI is InChI=1S/C13H15N5O3S/c14-12-9-3-1-2-4-10(9)16-13(17-12)18-6-8(5-11(18)19)7-22(15,20)21/h1-4,8H,5-7H2,(H2,14,16,17)(H2,15,20,21). The lowest BCUT2D eigenvalue weighted by molar-refractivity contribution is -0.117. The maximum Gasteiger partial charge on any atom is 0.234 e. The van der Waals surface area contributed by atoms with Gasteiger partial charge in [-0.3, -0.25) is 9.69 Å². The molecule has 1 aromatic heterocycles. The lowest BCUT2D eigenvalue weighted by Crippen LogP contribution is -2.29. The largest absolute Gasteiger partial charge is 0.383 e. The van der Waals surface area contributed by atoms with Crippen LogP contribution >= 0.6 is 0 Å². The fourth-order valence-electron chi connectivity index (χ4n) is 2.62. The van der Waals surface area contributed by atoms with Crippen LogP contribution in [0.1, 0.15) is 6.42 Å². The third kappa shape index (κ3) is 2.85. The van der Waals surface area contributed by atoms with Gasteiger partial charge in [-0.05, 0) is 12.1 Å². The number of nitrogens with two attached hydrogens (primary N) is 2. The summed E-state index contributed by atoms with van der Waals surface area (Å²) in [5.74, 6) is -0.360. The van der Waals surface area contributed by atoms with Gasteiger partial charge in [0.1, 0.15) is 5.82 Å². The molecule has 1 aromatic carbocycles. The third-order valence-electron chi connectivity index (χ3n) is 3.54. The summed E-state index contributed by atoms with van der Waals surface area (Å²) in [5, 5.41) is 5.74. The van der Waals surface area contributed by atoms with E-state index in [1.807, 2.05) is 12.1 Å². The van der Waals surface area contributed by atoms with Crippen LogP contribution in [0.25, 0.3) is 10.9 Å². The highest BCUT2D eigenvalue weighted by Crippen LogP contribution is 2.26. The van der Waals surface area contributed by atoms with E-state index in [1.165, 1.54) is 4.90 Å². The van der Waals surface area contributed by atoms with Crippen molar-refractivity contribution in [3.05, 3.63) is 24.3 Å². The first kappa shape index (κ1) is 14.7. The molecule has 0 aliphatic carbocycles. The highest BCUT2D eigenvalue weighted by Gasteiger charge is 2.34. The Morgan fingerprint density at radius 2 is 2.00 bits per heavy atom. The van der Waals surface area contributed by atoms with Gasteiger partial charge in [0.15, 0.2) is 0 Å². The minimum atomic E-state index is -3.62. The fourth-order valence-corrected chi connectivity index (χ4v) is 3.50. The van der Waals surface area contributed by atoms with Gasteiger partial charge < -0.3 is 5.73 Å². The number of amides is 1. The summed E-state index contributed by atoms with van der Waals surface area (Å²) in [6, 6.07) is 7.21. The Hall–Kier alpha value is -2.26. The molecule has 1 atom stereocenters. The van der Waals surface area contributed by atoms with E-state index < -0.39 is 10.0 Å². The average molecular weight is 321 g/mol. The minimum Gasteiger partial charge on any atom is -0.383 e. The Morgan fingerprint density at radius 1 is 1.27 bits per heavy atom. The molecule has 9 heteroatoms. The van der Waals surface area contributed by atoms with Crippen LogP contribution in [0.2, 0.25) is 0 Å². The van der Waals surface area contributed by atoms with Crippen LogP contribution in [0.15, 0.2) is 24.3 Å². The van der Waals surface area contributed by atoms with Gasteiger partial charge in [0.05, 0.1) is 11.3 Å². The van der Waals surface area contributed by atoms with E-state index in [2.05, 4.69) is 9.97 Å². The van der Waals surface area contributed by atoms with Crippen LogP contribution in [0.5, 0.6) is 0 Å². The molecule has 4 N–H and O–H groups in total. The zero-order chi connectivity index (χ0) is 15.9. The third-order valence-corrected chi connectivity index (χ3v) is 4.47. The minimum absolute atomic E-state index is 0.104.